The van der Waals surface area contributed by atoms with Gasteiger partial charge in [0.05, 0.1) is 0 Å². The first-order valence-electron chi connectivity index (χ1n) is 7.80. The molecule has 112 valence electrons. The molecular weight excluding hydrogens is 246 g/mol. The van der Waals surface area contributed by atoms with Crippen LogP contribution in [0.1, 0.15) is 30.9 Å². The maximum absolute atomic E-state index is 3.68. The summed E-state index contributed by atoms with van der Waals surface area (Å²) in [5, 5.41) is 3.68. The number of rotatable bonds is 9. The first kappa shape index (κ1) is 15.5. The number of likely N-dealkylation sites (N-methyl/N-ethyl adjacent to an activating group) is 1. The molecular formula is C17H29N3. The summed E-state index contributed by atoms with van der Waals surface area (Å²) in [7, 11) is 6.54. The van der Waals surface area contributed by atoms with Gasteiger partial charge in [0, 0.05) is 18.6 Å². The van der Waals surface area contributed by atoms with E-state index >= 15 is 0 Å². The largest absolute Gasteiger partial charge is 0.312 e. The van der Waals surface area contributed by atoms with Gasteiger partial charge >= 0.3 is 0 Å². The van der Waals surface area contributed by atoms with Gasteiger partial charge in [0.1, 0.15) is 0 Å². The summed E-state index contributed by atoms with van der Waals surface area (Å²) in [4.78, 5) is 4.75. The molecule has 0 spiro atoms. The lowest BCUT2D eigenvalue weighted by atomic mass is 10.1. The van der Waals surface area contributed by atoms with E-state index in [0.29, 0.717) is 6.04 Å². The summed E-state index contributed by atoms with van der Waals surface area (Å²) in [5.74, 6) is 0. The van der Waals surface area contributed by atoms with Crippen LogP contribution < -0.4 is 5.32 Å². The van der Waals surface area contributed by atoms with Crippen LogP contribution in [-0.4, -0.2) is 56.6 Å². The lowest BCUT2D eigenvalue weighted by molar-refractivity contribution is 0.224. The van der Waals surface area contributed by atoms with Gasteiger partial charge in [0.2, 0.25) is 0 Å². The van der Waals surface area contributed by atoms with Gasteiger partial charge in [-0.3, -0.25) is 4.90 Å². The number of nitrogens with zero attached hydrogens (tertiary/aromatic N) is 2. The zero-order chi connectivity index (χ0) is 14.4. The molecule has 3 nitrogen and oxygen atoms in total. The number of hydrogen-bond donors (Lipinski definition) is 1. The Hall–Kier alpha value is -0.900. The van der Waals surface area contributed by atoms with Gasteiger partial charge < -0.3 is 10.2 Å². The second-order valence-corrected chi connectivity index (χ2v) is 6.25. The Kier molecular flexibility index (Phi) is 6.02. The van der Waals surface area contributed by atoms with E-state index in [0.717, 1.165) is 25.7 Å². The zero-order valence-corrected chi connectivity index (χ0v) is 13.2. The fourth-order valence-electron chi connectivity index (χ4n) is 2.56. The lowest BCUT2D eigenvalue weighted by Gasteiger charge is -2.29. The van der Waals surface area contributed by atoms with Gasteiger partial charge in [-0.25, -0.2) is 0 Å². The molecule has 0 amide bonds. The molecule has 1 fully saturated rings. The summed E-state index contributed by atoms with van der Waals surface area (Å²) in [5.41, 5.74) is 1.42. The Morgan fingerprint density at radius 3 is 2.40 bits per heavy atom. The van der Waals surface area contributed by atoms with Crippen molar-refractivity contribution >= 4 is 0 Å². The standard InChI is InChI=1S/C17H29N3/c1-19(2)12-7-13-20(3)17(14-18-16-10-11-16)15-8-5-4-6-9-15/h4-6,8-9,16-18H,7,10-14H2,1-3H3. The van der Waals surface area contributed by atoms with Gasteiger partial charge in [-0.05, 0) is 59.1 Å². The van der Waals surface area contributed by atoms with Crippen molar-refractivity contribution in [3.05, 3.63) is 35.9 Å². The van der Waals surface area contributed by atoms with E-state index in [9.17, 15) is 0 Å². The molecule has 1 aliphatic carbocycles. The zero-order valence-electron chi connectivity index (χ0n) is 13.2. The average molecular weight is 275 g/mol. The third-order valence-electron chi connectivity index (χ3n) is 4.01. The first-order valence-corrected chi connectivity index (χ1v) is 7.80. The molecule has 1 atom stereocenters. The van der Waals surface area contributed by atoms with Crippen LogP contribution in [0.5, 0.6) is 0 Å². The van der Waals surface area contributed by atoms with Crippen molar-refractivity contribution in [2.75, 3.05) is 40.8 Å². The van der Waals surface area contributed by atoms with Gasteiger partial charge in [-0.1, -0.05) is 30.3 Å². The highest BCUT2D eigenvalue weighted by atomic mass is 15.2. The summed E-state index contributed by atoms with van der Waals surface area (Å²) in [6.07, 6.45) is 3.92. The van der Waals surface area contributed by atoms with Crippen molar-refractivity contribution < 1.29 is 0 Å². The number of hydrogen-bond acceptors (Lipinski definition) is 3. The Morgan fingerprint density at radius 1 is 1.10 bits per heavy atom. The molecule has 1 N–H and O–H groups in total. The maximum Gasteiger partial charge on any atom is 0.0469 e. The summed E-state index contributed by atoms with van der Waals surface area (Å²) >= 11 is 0. The average Bonchev–Trinajstić information content (AvgIpc) is 3.24. The van der Waals surface area contributed by atoms with Crippen LogP contribution >= 0.6 is 0 Å². The monoisotopic (exact) mass is 275 g/mol. The predicted octanol–water partition coefficient (Wildman–Crippen LogP) is 2.36. The molecule has 20 heavy (non-hydrogen) atoms. The third kappa shape index (κ3) is 5.23. The van der Waals surface area contributed by atoms with Crippen LogP contribution in [0.4, 0.5) is 0 Å². The van der Waals surface area contributed by atoms with Crippen molar-refractivity contribution in [2.45, 2.75) is 31.3 Å². The highest BCUT2D eigenvalue weighted by molar-refractivity contribution is 5.19. The van der Waals surface area contributed by atoms with Gasteiger partial charge in [-0.15, -0.1) is 0 Å². The van der Waals surface area contributed by atoms with Crippen LogP contribution in [0.15, 0.2) is 30.3 Å². The van der Waals surface area contributed by atoms with Crippen LogP contribution in [0, 0.1) is 0 Å². The normalized spacial score (nSPS) is 16.9. The molecule has 1 unspecified atom stereocenters. The highest BCUT2D eigenvalue weighted by Gasteiger charge is 2.24. The molecule has 0 heterocycles. The maximum atomic E-state index is 3.68. The minimum atomic E-state index is 0.485. The van der Waals surface area contributed by atoms with Crippen LogP contribution in [0.2, 0.25) is 0 Å². The topological polar surface area (TPSA) is 18.5 Å². The SMILES string of the molecule is CN(C)CCCN(C)C(CNC1CC1)c1ccccc1. The summed E-state index contributed by atoms with van der Waals surface area (Å²) in [6.45, 7) is 3.36. The number of nitrogens with one attached hydrogen (secondary N) is 1. The molecule has 1 aromatic rings. The van der Waals surface area contributed by atoms with E-state index < -0.39 is 0 Å². The molecule has 0 aliphatic heterocycles. The minimum Gasteiger partial charge on any atom is -0.312 e. The van der Waals surface area contributed by atoms with Gasteiger partial charge in [-0.2, -0.15) is 0 Å². The molecule has 0 radical (unpaired) electrons. The molecule has 1 aliphatic rings. The van der Waals surface area contributed by atoms with Crippen molar-refractivity contribution in [3.63, 3.8) is 0 Å². The summed E-state index contributed by atoms with van der Waals surface area (Å²) in [6, 6.07) is 12.2. The second-order valence-electron chi connectivity index (χ2n) is 6.25. The fourth-order valence-corrected chi connectivity index (χ4v) is 2.56. The van der Waals surface area contributed by atoms with Crippen LogP contribution in [0.3, 0.4) is 0 Å². The van der Waals surface area contributed by atoms with E-state index in [4.69, 9.17) is 0 Å². The lowest BCUT2D eigenvalue weighted by Crippen LogP contribution is -2.35. The highest BCUT2D eigenvalue weighted by Crippen LogP contribution is 2.23. The molecule has 1 aromatic carbocycles. The van der Waals surface area contributed by atoms with Crippen LogP contribution in [-0.2, 0) is 0 Å². The predicted molar refractivity (Wildman–Crippen MR) is 86.0 cm³/mol. The Morgan fingerprint density at radius 2 is 1.80 bits per heavy atom. The third-order valence-corrected chi connectivity index (χ3v) is 4.01. The van der Waals surface area contributed by atoms with Crippen molar-refractivity contribution in [2.24, 2.45) is 0 Å². The molecule has 0 saturated heterocycles. The van der Waals surface area contributed by atoms with E-state index in [1.54, 1.807) is 0 Å². The van der Waals surface area contributed by atoms with Gasteiger partial charge in [0.25, 0.3) is 0 Å². The molecule has 2 rings (SSSR count). The first-order chi connectivity index (χ1) is 9.66. The Bertz CT molecular complexity index is 373. The molecule has 0 bridgehead atoms. The van der Waals surface area contributed by atoms with Crippen molar-refractivity contribution in [1.29, 1.82) is 0 Å². The van der Waals surface area contributed by atoms with E-state index in [1.807, 2.05) is 0 Å². The molecule has 0 aromatic heterocycles. The summed E-state index contributed by atoms with van der Waals surface area (Å²) < 4.78 is 0. The fraction of sp³-hybridized carbons (Fsp3) is 0.647. The van der Waals surface area contributed by atoms with Gasteiger partial charge in [0.15, 0.2) is 0 Å². The van der Waals surface area contributed by atoms with E-state index in [1.165, 1.54) is 24.8 Å². The second kappa shape index (κ2) is 7.77. The quantitative estimate of drug-likeness (QED) is 0.746. The Balaban J connectivity index is 1.90. The number of benzene rings is 1. The Labute approximate surface area is 124 Å². The minimum absolute atomic E-state index is 0.485. The van der Waals surface area contributed by atoms with Crippen molar-refractivity contribution in [1.82, 2.24) is 15.1 Å². The van der Waals surface area contributed by atoms with E-state index in [-0.39, 0.29) is 0 Å². The molecule has 3 heteroatoms. The van der Waals surface area contributed by atoms with E-state index in [2.05, 4.69) is 66.6 Å². The van der Waals surface area contributed by atoms with Crippen LogP contribution in [0.25, 0.3) is 0 Å². The smallest absolute Gasteiger partial charge is 0.0469 e. The molecule has 1 saturated carbocycles. The van der Waals surface area contributed by atoms with Crippen molar-refractivity contribution in [3.8, 4) is 0 Å².